The van der Waals surface area contributed by atoms with Crippen molar-refractivity contribution >= 4 is 35.6 Å². The zero-order chi connectivity index (χ0) is 21.6. The van der Waals surface area contributed by atoms with Gasteiger partial charge in [0.05, 0.1) is 6.54 Å². The molecule has 2 saturated heterocycles. The van der Waals surface area contributed by atoms with Gasteiger partial charge in [-0.15, -0.1) is 24.0 Å². The molecule has 176 valence electrons. The van der Waals surface area contributed by atoms with Crippen LogP contribution in [0.4, 0.5) is 18.9 Å². The Kier molecular flexibility index (Phi) is 10.1. The second-order valence-corrected chi connectivity index (χ2v) is 8.14. The van der Waals surface area contributed by atoms with E-state index in [2.05, 4.69) is 56.6 Å². The molecule has 0 amide bonds. The molecule has 0 aromatic heterocycles. The molecule has 31 heavy (non-hydrogen) atoms. The van der Waals surface area contributed by atoms with Crippen LogP contribution in [0.25, 0.3) is 0 Å². The lowest BCUT2D eigenvalue weighted by Gasteiger charge is -2.39. The van der Waals surface area contributed by atoms with Crippen molar-refractivity contribution < 1.29 is 13.2 Å². The number of rotatable bonds is 6. The summed E-state index contributed by atoms with van der Waals surface area (Å²) in [5.74, 6) is 0.656. The van der Waals surface area contributed by atoms with Gasteiger partial charge in [0.1, 0.15) is 0 Å². The van der Waals surface area contributed by atoms with E-state index < -0.39 is 12.7 Å². The summed E-state index contributed by atoms with van der Waals surface area (Å²) in [7, 11) is 1.70. The zero-order valence-corrected chi connectivity index (χ0v) is 20.6. The van der Waals surface area contributed by atoms with E-state index in [-0.39, 0.29) is 30.0 Å². The van der Waals surface area contributed by atoms with E-state index in [4.69, 9.17) is 0 Å². The minimum Gasteiger partial charge on any atom is -0.369 e. The molecule has 2 aliphatic rings. The number of anilines is 1. The van der Waals surface area contributed by atoms with Gasteiger partial charge in [0.2, 0.25) is 0 Å². The molecule has 2 heterocycles. The number of hydrogen-bond donors (Lipinski definition) is 2. The lowest BCUT2D eigenvalue weighted by atomic mass is 10.2. The lowest BCUT2D eigenvalue weighted by molar-refractivity contribution is -0.143. The number of guanidine groups is 1. The summed E-state index contributed by atoms with van der Waals surface area (Å²) in [5.41, 5.74) is 1.27. The van der Waals surface area contributed by atoms with E-state index in [9.17, 15) is 13.2 Å². The van der Waals surface area contributed by atoms with E-state index in [1.165, 1.54) is 10.6 Å². The third-order valence-corrected chi connectivity index (χ3v) is 5.86. The van der Waals surface area contributed by atoms with Crippen LogP contribution in [-0.2, 0) is 0 Å². The van der Waals surface area contributed by atoms with Crippen molar-refractivity contribution in [3.63, 3.8) is 0 Å². The lowest BCUT2D eigenvalue weighted by Crippen LogP contribution is -2.54. The third-order valence-electron chi connectivity index (χ3n) is 5.86. The van der Waals surface area contributed by atoms with E-state index in [0.29, 0.717) is 31.5 Å². The van der Waals surface area contributed by atoms with Crippen LogP contribution in [0, 0.1) is 0 Å². The number of aliphatic imine (C=N–C) groups is 1. The molecule has 10 heteroatoms. The predicted molar refractivity (Wildman–Crippen MR) is 131 cm³/mol. The van der Waals surface area contributed by atoms with Gasteiger partial charge >= 0.3 is 6.18 Å². The minimum absolute atomic E-state index is 0. The van der Waals surface area contributed by atoms with Crippen LogP contribution in [0.2, 0.25) is 0 Å². The van der Waals surface area contributed by atoms with Gasteiger partial charge < -0.3 is 15.5 Å². The van der Waals surface area contributed by atoms with Gasteiger partial charge in [0.25, 0.3) is 0 Å². The number of halogens is 4. The molecule has 1 aromatic rings. The molecule has 2 aliphatic heterocycles. The third kappa shape index (κ3) is 8.30. The predicted octanol–water partition coefficient (Wildman–Crippen LogP) is 2.62. The number of nitrogens with one attached hydrogen (secondary N) is 2. The van der Waals surface area contributed by atoms with Crippen molar-refractivity contribution in [2.45, 2.75) is 31.6 Å². The van der Waals surface area contributed by atoms with Gasteiger partial charge in [0, 0.05) is 70.6 Å². The van der Waals surface area contributed by atoms with Gasteiger partial charge in [-0.2, -0.15) is 13.2 Å². The number of likely N-dealkylation sites (tertiary alicyclic amines) is 1. The smallest absolute Gasteiger partial charge is 0.369 e. The summed E-state index contributed by atoms with van der Waals surface area (Å²) in [6.07, 6.45) is -3.46. The molecule has 2 N–H and O–H groups in total. The fraction of sp³-hybridized carbons (Fsp3) is 0.667. The highest BCUT2D eigenvalue weighted by Gasteiger charge is 2.34. The summed E-state index contributed by atoms with van der Waals surface area (Å²) >= 11 is 0. The maximum Gasteiger partial charge on any atom is 0.401 e. The zero-order valence-electron chi connectivity index (χ0n) is 18.2. The largest absolute Gasteiger partial charge is 0.401 e. The normalized spacial score (nSPS) is 22.2. The van der Waals surface area contributed by atoms with E-state index in [0.717, 1.165) is 32.7 Å². The quantitative estimate of drug-likeness (QED) is 0.322. The molecule has 2 unspecified atom stereocenters. The summed E-state index contributed by atoms with van der Waals surface area (Å²) in [4.78, 5) is 10.6. The first-order chi connectivity index (χ1) is 14.3. The van der Waals surface area contributed by atoms with Crippen molar-refractivity contribution in [3.8, 4) is 0 Å². The SMILES string of the molecule is CN=C(NCC(C)N1CCN(c2ccccc2)CC1)NC1CCN(CC(F)(F)F)C1.I. The van der Waals surface area contributed by atoms with Crippen LogP contribution in [0.3, 0.4) is 0 Å². The first kappa shape index (κ1) is 26.0. The van der Waals surface area contributed by atoms with Crippen molar-refractivity contribution in [2.75, 3.05) is 64.3 Å². The average molecular weight is 554 g/mol. The highest BCUT2D eigenvalue weighted by Crippen LogP contribution is 2.20. The minimum atomic E-state index is -4.14. The van der Waals surface area contributed by atoms with E-state index >= 15 is 0 Å². The summed E-state index contributed by atoms with van der Waals surface area (Å²) < 4.78 is 37.7. The van der Waals surface area contributed by atoms with Crippen LogP contribution in [0.5, 0.6) is 0 Å². The number of benzene rings is 1. The Labute approximate surface area is 200 Å². The topological polar surface area (TPSA) is 46.1 Å². The Morgan fingerprint density at radius 3 is 2.42 bits per heavy atom. The highest BCUT2D eigenvalue weighted by molar-refractivity contribution is 14.0. The molecular formula is C21H34F3IN6. The van der Waals surface area contributed by atoms with Crippen LogP contribution in [0.15, 0.2) is 35.3 Å². The Hall–Kier alpha value is -1.27. The van der Waals surface area contributed by atoms with Crippen molar-refractivity contribution in [1.29, 1.82) is 0 Å². The van der Waals surface area contributed by atoms with Crippen LogP contribution < -0.4 is 15.5 Å². The summed E-state index contributed by atoms with van der Waals surface area (Å²) in [5, 5.41) is 6.61. The monoisotopic (exact) mass is 554 g/mol. The second-order valence-electron chi connectivity index (χ2n) is 8.14. The Bertz CT molecular complexity index is 679. The number of hydrogen-bond acceptors (Lipinski definition) is 4. The molecule has 6 nitrogen and oxygen atoms in total. The van der Waals surface area contributed by atoms with Crippen molar-refractivity contribution in [2.24, 2.45) is 4.99 Å². The fourth-order valence-corrected chi connectivity index (χ4v) is 4.17. The average Bonchev–Trinajstić information content (AvgIpc) is 3.16. The van der Waals surface area contributed by atoms with Crippen LogP contribution in [-0.4, -0.2) is 93.4 Å². The molecule has 0 spiro atoms. The van der Waals surface area contributed by atoms with Crippen molar-refractivity contribution in [1.82, 2.24) is 20.4 Å². The second kappa shape index (κ2) is 12.1. The number of alkyl halides is 3. The Morgan fingerprint density at radius 1 is 1.13 bits per heavy atom. The highest BCUT2D eigenvalue weighted by atomic mass is 127. The van der Waals surface area contributed by atoms with Gasteiger partial charge in [0.15, 0.2) is 5.96 Å². The van der Waals surface area contributed by atoms with Crippen LogP contribution >= 0.6 is 24.0 Å². The Morgan fingerprint density at radius 2 is 1.81 bits per heavy atom. The molecule has 3 rings (SSSR count). The molecule has 2 fully saturated rings. The molecule has 0 bridgehead atoms. The standard InChI is InChI=1S/C21H33F3N6.HI/c1-17(29-10-12-30(13-11-29)19-6-4-3-5-7-19)14-26-20(25-2)27-18-8-9-28(15-18)16-21(22,23)24;/h3-7,17-18H,8-16H2,1-2H3,(H2,25,26,27);1H. The van der Waals surface area contributed by atoms with Crippen LogP contribution in [0.1, 0.15) is 13.3 Å². The molecule has 1 aromatic carbocycles. The molecule has 0 saturated carbocycles. The first-order valence-corrected chi connectivity index (χ1v) is 10.6. The molecular weight excluding hydrogens is 520 g/mol. The van der Waals surface area contributed by atoms with E-state index in [1.54, 1.807) is 7.05 Å². The number of nitrogens with zero attached hydrogens (tertiary/aromatic N) is 4. The molecule has 0 aliphatic carbocycles. The van der Waals surface area contributed by atoms with E-state index in [1.807, 2.05) is 6.07 Å². The van der Waals surface area contributed by atoms with Gasteiger partial charge in [-0.25, -0.2) is 0 Å². The number of piperazine rings is 1. The maximum absolute atomic E-state index is 12.6. The molecule has 2 atom stereocenters. The fourth-order valence-electron chi connectivity index (χ4n) is 4.17. The van der Waals surface area contributed by atoms with Gasteiger partial charge in [-0.3, -0.25) is 14.8 Å². The van der Waals surface area contributed by atoms with Gasteiger partial charge in [-0.1, -0.05) is 18.2 Å². The van der Waals surface area contributed by atoms with Gasteiger partial charge in [-0.05, 0) is 25.5 Å². The Balaban J connectivity index is 0.00000341. The number of para-hydroxylation sites is 1. The maximum atomic E-state index is 12.6. The first-order valence-electron chi connectivity index (χ1n) is 10.6. The summed E-state index contributed by atoms with van der Waals surface area (Å²) in [6.45, 7) is 6.92. The van der Waals surface area contributed by atoms with Crippen molar-refractivity contribution in [3.05, 3.63) is 30.3 Å². The summed E-state index contributed by atoms with van der Waals surface area (Å²) in [6, 6.07) is 10.8. The molecule has 0 radical (unpaired) electrons.